The second kappa shape index (κ2) is 15.4. The van der Waals surface area contributed by atoms with Gasteiger partial charge in [-0.3, -0.25) is 14.4 Å². The standard InChI is InChI=1S/C33H40O13/c1-18-25(41-19(2)34)28(42-20(3)35)30(43-21(4)36)33(40-18)46-29-27(38-16-22-12-8-6-9-13-22)26-24(44-32(29)37-5)17-39-31(45-26)23-14-10-7-11-15-23/h6-15,18,24-33H,16-17H2,1-5H3/t18?,24?,25-,26+,27?,28?,29?,30?,31?,32+,33-/m0/s1. The van der Waals surface area contributed by atoms with Crippen molar-refractivity contribution in [1.82, 2.24) is 0 Å². The summed E-state index contributed by atoms with van der Waals surface area (Å²) < 4.78 is 60.4. The average Bonchev–Trinajstić information content (AvgIpc) is 3.03. The molecule has 0 saturated carbocycles. The summed E-state index contributed by atoms with van der Waals surface area (Å²) in [6.07, 6.45) is -10.6. The number of hydrogen-bond acceptors (Lipinski definition) is 13. The van der Waals surface area contributed by atoms with E-state index in [9.17, 15) is 14.4 Å². The predicted molar refractivity (Wildman–Crippen MR) is 157 cm³/mol. The topological polar surface area (TPSA) is 144 Å². The van der Waals surface area contributed by atoms with Crippen molar-refractivity contribution in [2.45, 2.75) is 102 Å². The number of rotatable bonds is 10. The Bertz CT molecular complexity index is 1310. The van der Waals surface area contributed by atoms with Gasteiger partial charge in [-0.05, 0) is 12.5 Å². The first-order valence-corrected chi connectivity index (χ1v) is 15.1. The van der Waals surface area contributed by atoms with E-state index in [0.29, 0.717) is 0 Å². The summed E-state index contributed by atoms with van der Waals surface area (Å²) in [6.45, 7) is 5.62. The lowest BCUT2D eigenvalue weighted by Crippen LogP contribution is -2.67. The number of methoxy groups -OCH3 is 1. The number of benzene rings is 2. The fourth-order valence-corrected chi connectivity index (χ4v) is 5.85. The summed E-state index contributed by atoms with van der Waals surface area (Å²) >= 11 is 0. The summed E-state index contributed by atoms with van der Waals surface area (Å²) in [5.74, 6) is -2.02. The normalized spacial score (nSPS) is 34.2. The number of carbonyl (C=O) groups excluding carboxylic acids is 3. The van der Waals surface area contributed by atoms with Gasteiger partial charge in [-0.15, -0.1) is 0 Å². The molecule has 3 fully saturated rings. The first-order valence-electron chi connectivity index (χ1n) is 15.1. The van der Waals surface area contributed by atoms with E-state index in [4.69, 9.17) is 47.4 Å². The molecule has 5 rings (SSSR count). The molecule has 3 aliphatic heterocycles. The molecular weight excluding hydrogens is 604 g/mol. The molecule has 0 spiro atoms. The molecule has 250 valence electrons. The van der Waals surface area contributed by atoms with Gasteiger partial charge in [0.25, 0.3) is 0 Å². The molecule has 3 aliphatic rings. The maximum atomic E-state index is 12.3. The lowest BCUT2D eigenvalue weighted by Gasteiger charge is -2.50. The second-order valence-corrected chi connectivity index (χ2v) is 11.2. The quantitative estimate of drug-likeness (QED) is 0.276. The number of carbonyl (C=O) groups is 3. The van der Waals surface area contributed by atoms with Crippen molar-refractivity contribution >= 4 is 17.9 Å². The minimum atomic E-state index is -1.33. The molecule has 13 heteroatoms. The van der Waals surface area contributed by atoms with E-state index in [2.05, 4.69) is 0 Å². The van der Waals surface area contributed by atoms with E-state index in [1.54, 1.807) is 6.92 Å². The Balaban J connectivity index is 1.48. The van der Waals surface area contributed by atoms with E-state index in [1.807, 2.05) is 60.7 Å². The highest BCUT2D eigenvalue weighted by Crippen LogP contribution is 2.39. The number of fused-ring (bicyclic) bond motifs is 1. The summed E-state index contributed by atoms with van der Waals surface area (Å²) in [5.41, 5.74) is 1.72. The van der Waals surface area contributed by atoms with Crippen LogP contribution in [0.1, 0.15) is 45.1 Å². The Hall–Kier alpha value is -3.43. The molecule has 0 radical (unpaired) electrons. The van der Waals surface area contributed by atoms with Gasteiger partial charge in [0.05, 0.1) is 19.3 Å². The number of hydrogen-bond donors (Lipinski definition) is 0. The Kier molecular flexibility index (Phi) is 11.4. The van der Waals surface area contributed by atoms with Crippen LogP contribution in [0.25, 0.3) is 0 Å². The van der Waals surface area contributed by atoms with Crippen LogP contribution in [0.15, 0.2) is 60.7 Å². The highest BCUT2D eigenvalue weighted by Gasteiger charge is 2.56. The maximum absolute atomic E-state index is 12.3. The number of esters is 3. The van der Waals surface area contributed by atoms with Crippen molar-refractivity contribution in [3.05, 3.63) is 71.8 Å². The van der Waals surface area contributed by atoms with Crippen LogP contribution in [-0.2, 0) is 68.4 Å². The van der Waals surface area contributed by atoms with E-state index in [0.717, 1.165) is 11.1 Å². The van der Waals surface area contributed by atoms with Crippen LogP contribution in [0.2, 0.25) is 0 Å². The molecule has 0 aliphatic carbocycles. The zero-order valence-corrected chi connectivity index (χ0v) is 26.3. The highest BCUT2D eigenvalue weighted by atomic mass is 16.8. The van der Waals surface area contributed by atoms with Crippen LogP contribution in [0, 0.1) is 0 Å². The first kappa shape index (κ1) is 33.9. The Morgan fingerprint density at radius 3 is 1.96 bits per heavy atom. The van der Waals surface area contributed by atoms with Crippen molar-refractivity contribution in [2.24, 2.45) is 0 Å². The molecule has 0 aromatic heterocycles. The summed E-state index contributed by atoms with van der Waals surface area (Å²) in [6, 6.07) is 19.1. The molecule has 13 nitrogen and oxygen atoms in total. The molecule has 3 heterocycles. The highest BCUT2D eigenvalue weighted by molar-refractivity contribution is 5.68. The van der Waals surface area contributed by atoms with Gasteiger partial charge < -0.3 is 47.4 Å². The van der Waals surface area contributed by atoms with Gasteiger partial charge in [0.1, 0.15) is 24.4 Å². The Morgan fingerprint density at radius 2 is 1.33 bits per heavy atom. The largest absolute Gasteiger partial charge is 0.456 e. The smallest absolute Gasteiger partial charge is 0.303 e. The van der Waals surface area contributed by atoms with E-state index >= 15 is 0 Å². The molecule has 3 saturated heterocycles. The van der Waals surface area contributed by atoms with Crippen molar-refractivity contribution in [1.29, 1.82) is 0 Å². The molecule has 0 N–H and O–H groups in total. The van der Waals surface area contributed by atoms with Gasteiger partial charge >= 0.3 is 17.9 Å². The van der Waals surface area contributed by atoms with Crippen LogP contribution >= 0.6 is 0 Å². The van der Waals surface area contributed by atoms with Gasteiger partial charge in [0.2, 0.25) is 0 Å². The van der Waals surface area contributed by atoms with Crippen LogP contribution in [0.5, 0.6) is 0 Å². The molecule has 7 unspecified atom stereocenters. The monoisotopic (exact) mass is 644 g/mol. The second-order valence-electron chi connectivity index (χ2n) is 11.2. The molecule has 2 aromatic carbocycles. The van der Waals surface area contributed by atoms with Crippen LogP contribution in [0.3, 0.4) is 0 Å². The van der Waals surface area contributed by atoms with Crippen molar-refractivity contribution in [3.63, 3.8) is 0 Å². The molecular formula is C33H40O13. The summed E-state index contributed by atoms with van der Waals surface area (Å²) in [7, 11) is 1.46. The molecule has 0 amide bonds. The SMILES string of the molecule is CO[C@@H]1OC2COC(c3ccccc3)O[C@H]2C(OCc2ccccc2)C1O[C@@H]1OC(C)[C@H](OC(C)=O)C(OC(C)=O)C1OC(C)=O. The third-order valence-corrected chi connectivity index (χ3v) is 7.80. The van der Waals surface area contributed by atoms with Gasteiger partial charge in [-0.25, -0.2) is 0 Å². The van der Waals surface area contributed by atoms with Crippen LogP contribution in [-0.4, -0.2) is 93.0 Å². The van der Waals surface area contributed by atoms with E-state index in [-0.39, 0.29) is 13.2 Å². The molecule has 0 bridgehead atoms. The zero-order chi connectivity index (χ0) is 32.8. The molecule has 11 atom stereocenters. The predicted octanol–water partition coefficient (Wildman–Crippen LogP) is 2.98. The fraction of sp³-hybridized carbons (Fsp3) is 0.545. The maximum Gasteiger partial charge on any atom is 0.303 e. The first-order chi connectivity index (χ1) is 22.1. The Morgan fingerprint density at radius 1 is 0.717 bits per heavy atom. The van der Waals surface area contributed by atoms with Crippen LogP contribution in [0.4, 0.5) is 0 Å². The van der Waals surface area contributed by atoms with Crippen LogP contribution < -0.4 is 0 Å². The third-order valence-electron chi connectivity index (χ3n) is 7.80. The average molecular weight is 645 g/mol. The molecule has 46 heavy (non-hydrogen) atoms. The minimum absolute atomic E-state index is 0.188. The van der Waals surface area contributed by atoms with Crippen molar-refractivity contribution in [3.8, 4) is 0 Å². The molecule has 2 aromatic rings. The summed E-state index contributed by atoms with van der Waals surface area (Å²) in [4.78, 5) is 36.4. The van der Waals surface area contributed by atoms with Gasteiger partial charge in [0.15, 0.2) is 37.2 Å². The van der Waals surface area contributed by atoms with Gasteiger partial charge in [-0.1, -0.05) is 60.7 Å². The fourth-order valence-electron chi connectivity index (χ4n) is 5.85. The summed E-state index contributed by atoms with van der Waals surface area (Å²) in [5, 5.41) is 0. The lowest BCUT2D eigenvalue weighted by atomic mass is 9.96. The minimum Gasteiger partial charge on any atom is -0.456 e. The number of ether oxygens (including phenoxy) is 10. The Labute approximate surface area is 267 Å². The van der Waals surface area contributed by atoms with E-state index < -0.39 is 85.6 Å². The van der Waals surface area contributed by atoms with Crippen molar-refractivity contribution in [2.75, 3.05) is 13.7 Å². The zero-order valence-electron chi connectivity index (χ0n) is 26.3. The van der Waals surface area contributed by atoms with Gasteiger partial charge in [-0.2, -0.15) is 0 Å². The lowest BCUT2D eigenvalue weighted by molar-refractivity contribution is -0.394. The van der Waals surface area contributed by atoms with Crippen molar-refractivity contribution < 1.29 is 61.8 Å². The van der Waals surface area contributed by atoms with Gasteiger partial charge in [0, 0.05) is 33.4 Å². The van der Waals surface area contributed by atoms with E-state index in [1.165, 1.54) is 27.9 Å². The third kappa shape index (κ3) is 8.10.